The van der Waals surface area contributed by atoms with Gasteiger partial charge in [0.1, 0.15) is 0 Å². The minimum Gasteiger partial charge on any atom is -0.385 e. The molecule has 2 rings (SSSR count). The SMILES string of the molecule is CCNc1ncc(C(=O)N2CCN(CCCCOC)CC2)cn1. The molecule has 1 N–H and O–H groups in total. The fourth-order valence-corrected chi connectivity index (χ4v) is 2.63. The summed E-state index contributed by atoms with van der Waals surface area (Å²) in [5.41, 5.74) is 0.556. The molecule has 7 nitrogen and oxygen atoms in total. The number of nitrogens with one attached hydrogen (secondary N) is 1. The van der Waals surface area contributed by atoms with E-state index in [9.17, 15) is 4.79 Å². The number of carbonyl (C=O) groups excluding carboxylic acids is 1. The molecule has 1 fully saturated rings. The maximum Gasteiger partial charge on any atom is 0.257 e. The van der Waals surface area contributed by atoms with Crippen molar-refractivity contribution in [2.45, 2.75) is 19.8 Å². The van der Waals surface area contributed by atoms with Crippen LogP contribution in [0.15, 0.2) is 12.4 Å². The summed E-state index contributed by atoms with van der Waals surface area (Å²) in [5, 5.41) is 3.02. The van der Waals surface area contributed by atoms with Crippen molar-refractivity contribution in [2.75, 3.05) is 58.3 Å². The Morgan fingerprint density at radius 2 is 1.91 bits per heavy atom. The average molecular weight is 321 g/mol. The second kappa shape index (κ2) is 9.42. The van der Waals surface area contributed by atoms with Gasteiger partial charge < -0.3 is 15.0 Å². The standard InChI is InChI=1S/C16H27N5O2/c1-3-17-16-18-12-14(13-19-16)15(22)21-9-7-20(8-10-21)6-4-5-11-23-2/h12-13H,3-11H2,1-2H3,(H,17,18,19). The number of hydrogen-bond acceptors (Lipinski definition) is 6. The molecule has 0 saturated carbocycles. The van der Waals surface area contributed by atoms with Gasteiger partial charge in [0.15, 0.2) is 0 Å². The molecule has 1 aromatic heterocycles. The highest BCUT2D eigenvalue weighted by molar-refractivity contribution is 5.93. The Bertz CT molecular complexity index is 472. The molecule has 1 aliphatic heterocycles. The van der Waals surface area contributed by atoms with Gasteiger partial charge in [-0.05, 0) is 26.3 Å². The normalized spacial score (nSPS) is 15.7. The summed E-state index contributed by atoms with van der Waals surface area (Å²) in [7, 11) is 1.74. The molecule has 1 saturated heterocycles. The Kier molecular flexibility index (Phi) is 7.22. The number of aromatic nitrogens is 2. The van der Waals surface area contributed by atoms with E-state index in [1.807, 2.05) is 11.8 Å². The first-order valence-electron chi connectivity index (χ1n) is 8.31. The van der Waals surface area contributed by atoms with Gasteiger partial charge >= 0.3 is 0 Å². The highest BCUT2D eigenvalue weighted by atomic mass is 16.5. The largest absolute Gasteiger partial charge is 0.385 e. The predicted molar refractivity (Wildman–Crippen MR) is 89.6 cm³/mol. The molecule has 0 unspecified atom stereocenters. The van der Waals surface area contributed by atoms with Crippen LogP contribution in [0.1, 0.15) is 30.1 Å². The summed E-state index contributed by atoms with van der Waals surface area (Å²) < 4.78 is 5.06. The fourth-order valence-electron chi connectivity index (χ4n) is 2.63. The minimum absolute atomic E-state index is 0.0204. The molecule has 0 aliphatic carbocycles. The zero-order valence-electron chi connectivity index (χ0n) is 14.1. The van der Waals surface area contributed by atoms with Gasteiger partial charge in [-0.25, -0.2) is 9.97 Å². The van der Waals surface area contributed by atoms with Crippen molar-refractivity contribution in [1.82, 2.24) is 19.8 Å². The first-order valence-corrected chi connectivity index (χ1v) is 8.31. The number of amides is 1. The molecule has 0 bridgehead atoms. The lowest BCUT2D eigenvalue weighted by molar-refractivity contribution is 0.0631. The molecule has 1 aliphatic rings. The second-order valence-electron chi connectivity index (χ2n) is 5.66. The van der Waals surface area contributed by atoms with E-state index in [0.717, 1.165) is 58.7 Å². The first-order chi connectivity index (χ1) is 11.2. The molecule has 7 heteroatoms. The summed E-state index contributed by atoms with van der Waals surface area (Å²) in [4.78, 5) is 25.1. The summed E-state index contributed by atoms with van der Waals surface area (Å²) in [6, 6.07) is 0. The Morgan fingerprint density at radius 1 is 1.22 bits per heavy atom. The average Bonchev–Trinajstić information content (AvgIpc) is 2.60. The molecule has 128 valence electrons. The van der Waals surface area contributed by atoms with Crippen molar-refractivity contribution < 1.29 is 9.53 Å². The zero-order chi connectivity index (χ0) is 16.5. The molecule has 0 radical (unpaired) electrons. The Labute approximate surface area is 138 Å². The van der Waals surface area contributed by atoms with Gasteiger partial charge in [0.2, 0.25) is 5.95 Å². The molecular formula is C16H27N5O2. The quantitative estimate of drug-likeness (QED) is 0.723. The third kappa shape index (κ3) is 5.44. The Hall–Kier alpha value is -1.73. The number of nitrogens with zero attached hydrogens (tertiary/aromatic N) is 4. The lowest BCUT2D eigenvalue weighted by atomic mass is 10.2. The number of piperazine rings is 1. The van der Waals surface area contributed by atoms with Gasteiger partial charge in [0.05, 0.1) is 5.56 Å². The third-order valence-electron chi connectivity index (χ3n) is 3.97. The van der Waals surface area contributed by atoms with Crippen LogP contribution >= 0.6 is 0 Å². The van der Waals surface area contributed by atoms with Crippen LogP contribution in [0.25, 0.3) is 0 Å². The van der Waals surface area contributed by atoms with Crippen molar-refractivity contribution in [2.24, 2.45) is 0 Å². The van der Waals surface area contributed by atoms with Crippen LogP contribution < -0.4 is 5.32 Å². The molecule has 1 amide bonds. The van der Waals surface area contributed by atoms with Gasteiger partial charge in [0.25, 0.3) is 5.91 Å². The smallest absolute Gasteiger partial charge is 0.257 e. The van der Waals surface area contributed by atoms with Gasteiger partial charge in [-0.15, -0.1) is 0 Å². The van der Waals surface area contributed by atoms with E-state index in [2.05, 4.69) is 20.2 Å². The molecule has 0 spiro atoms. The Balaban J connectivity index is 1.76. The van der Waals surface area contributed by atoms with Gasteiger partial charge in [-0.1, -0.05) is 0 Å². The van der Waals surface area contributed by atoms with Crippen molar-refractivity contribution in [3.63, 3.8) is 0 Å². The first kappa shape index (κ1) is 17.6. The molecule has 0 aromatic carbocycles. The molecule has 23 heavy (non-hydrogen) atoms. The van der Waals surface area contributed by atoms with Crippen molar-refractivity contribution in [1.29, 1.82) is 0 Å². The van der Waals surface area contributed by atoms with Crippen LogP contribution in [0.3, 0.4) is 0 Å². The van der Waals surface area contributed by atoms with E-state index in [4.69, 9.17) is 4.74 Å². The van der Waals surface area contributed by atoms with Crippen LogP contribution in [0.2, 0.25) is 0 Å². The van der Waals surface area contributed by atoms with Crippen molar-refractivity contribution in [3.05, 3.63) is 18.0 Å². The minimum atomic E-state index is 0.0204. The van der Waals surface area contributed by atoms with Crippen molar-refractivity contribution >= 4 is 11.9 Å². The maximum atomic E-state index is 12.5. The maximum absolute atomic E-state index is 12.5. The van der Waals surface area contributed by atoms with Crippen LogP contribution in [0.5, 0.6) is 0 Å². The second-order valence-corrected chi connectivity index (χ2v) is 5.66. The molecule has 2 heterocycles. The van der Waals surface area contributed by atoms with Crippen LogP contribution in [-0.4, -0.2) is 78.7 Å². The number of methoxy groups -OCH3 is 1. The molecule has 0 atom stereocenters. The van der Waals surface area contributed by atoms with Crippen LogP contribution in [0.4, 0.5) is 5.95 Å². The number of rotatable bonds is 8. The summed E-state index contributed by atoms with van der Waals surface area (Å²) in [6.45, 7) is 8.02. The highest BCUT2D eigenvalue weighted by Gasteiger charge is 2.22. The molecular weight excluding hydrogens is 294 g/mol. The van der Waals surface area contributed by atoms with E-state index in [1.54, 1.807) is 19.5 Å². The summed E-state index contributed by atoms with van der Waals surface area (Å²) in [6.07, 6.45) is 5.43. The van der Waals surface area contributed by atoms with Crippen LogP contribution in [0, 0.1) is 0 Å². The van der Waals surface area contributed by atoms with E-state index >= 15 is 0 Å². The van der Waals surface area contributed by atoms with E-state index in [1.165, 1.54) is 0 Å². The molecule has 1 aromatic rings. The summed E-state index contributed by atoms with van der Waals surface area (Å²) >= 11 is 0. The number of anilines is 1. The van der Waals surface area contributed by atoms with Gasteiger partial charge in [0, 0.05) is 58.8 Å². The zero-order valence-corrected chi connectivity index (χ0v) is 14.1. The van der Waals surface area contributed by atoms with Gasteiger partial charge in [-0.3, -0.25) is 9.69 Å². The number of ether oxygens (including phenoxy) is 1. The predicted octanol–water partition coefficient (Wildman–Crippen LogP) is 1.09. The van der Waals surface area contributed by atoms with E-state index in [-0.39, 0.29) is 5.91 Å². The topological polar surface area (TPSA) is 70.6 Å². The van der Waals surface area contributed by atoms with Crippen molar-refractivity contribution in [3.8, 4) is 0 Å². The van der Waals surface area contributed by atoms with Crippen LogP contribution in [-0.2, 0) is 4.74 Å². The number of unbranched alkanes of at least 4 members (excludes halogenated alkanes) is 1. The number of hydrogen-bond donors (Lipinski definition) is 1. The van der Waals surface area contributed by atoms with E-state index in [0.29, 0.717) is 11.5 Å². The summed E-state index contributed by atoms with van der Waals surface area (Å²) in [5.74, 6) is 0.581. The third-order valence-corrected chi connectivity index (χ3v) is 3.97. The number of carbonyl (C=O) groups is 1. The fraction of sp³-hybridized carbons (Fsp3) is 0.688. The highest BCUT2D eigenvalue weighted by Crippen LogP contribution is 2.09. The van der Waals surface area contributed by atoms with Gasteiger partial charge in [-0.2, -0.15) is 0 Å². The lowest BCUT2D eigenvalue weighted by Crippen LogP contribution is -2.48. The lowest BCUT2D eigenvalue weighted by Gasteiger charge is -2.34. The monoisotopic (exact) mass is 321 g/mol. The Morgan fingerprint density at radius 3 is 2.52 bits per heavy atom. The van der Waals surface area contributed by atoms with E-state index < -0.39 is 0 Å².